The third-order valence-electron chi connectivity index (χ3n) is 6.98. The zero-order valence-corrected chi connectivity index (χ0v) is 16.2. The van der Waals surface area contributed by atoms with Crippen LogP contribution in [0.2, 0.25) is 0 Å². The van der Waals surface area contributed by atoms with Crippen LogP contribution in [0.4, 0.5) is 4.39 Å². The van der Waals surface area contributed by atoms with Gasteiger partial charge in [0.1, 0.15) is 5.67 Å². The van der Waals surface area contributed by atoms with E-state index in [2.05, 4.69) is 36.2 Å². The fourth-order valence-electron chi connectivity index (χ4n) is 5.40. The Morgan fingerprint density at radius 1 is 1.37 bits per heavy atom. The smallest absolute Gasteiger partial charge is 0.223 e. The Kier molecular flexibility index (Phi) is 3.85. The molecule has 0 spiro atoms. The quantitative estimate of drug-likeness (QED) is 0.822. The normalized spacial score (nSPS) is 31.0. The molecular weight excluding hydrogens is 341 g/mol. The van der Waals surface area contributed by atoms with Gasteiger partial charge in [0, 0.05) is 54.8 Å². The summed E-state index contributed by atoms with van der Waals surface area (Å²) in [6, 6.07) is 6.50. The van der Waals surface area contributed by atoms with Crippen molar-refractivity contribution in [3.63, 3.8) is 0 Å². The Bertz CT molecular complexity index is 881. The minimum absolute atomic E-state index is 0.0581. The van der Waals surface area contributed by atoms with Crippen LogP contribution >= 0.6 is 0 Å². The number of hydrogen-bond acceptors (Lipinski definition) is 2. The summed E-state index contributed by atoms with van der Waals surface area (Å²) in [5.74, 6) is 0.900. The van der Waals surface area contributed by atoms with Crippen LogP contribution in [0.3, 0.4) is 0 Å². The first-order valence-electron chi connectivity index (χ1n) is 10.5. The summed E-state index contributed by atoms with van der Waals surface area (Å²) in [6.07, 6.45) is 5.36. The summed E-state index contributed by atoms with van der Waals surface area (Å²) < 4.78 is 14.4. The monoisotopic (exact) mass is 369 g/mol. The van der Waals surface area contributed by atoms with Crippen molar-refractivity contribution in [2.24, 2.45) is 0 Å². The van der Waals surface area contributed by atoms with Gasteiger partial charge >= 0.3 is 0 Å². The highest BCUT2D eigenvalue weighted by Gasteiger charge is 2.56. The van der Waals surface area contributed by atoms with E-state index >= 15 is 0 Å². The number of nitrogens with zero attached hydrogens (tertiary/aromatic N) is 2. The molecule has 144 valence electrons. The second kappa shape index (κ2) is 6.05. The number of rotatable bonds is 5. The van der Waals surface area contributed by atoms with Gasteiger partial charge in [0.15, 0.2) is 0 Å². The molecule has 2 bridgehead atoms. The fourth-order valence-corrected chi connectivity index (χ4v) is 5.40. The molecule has 2 saturated heterocycles. The number of alkyl halides is 1. The lowest BCUT2D eigenvalue weighted by molar-refractivity contribution is -0.160. The van der Waals surface area contributed by atoms with Crippen LogP contribution in [0, 0.1) is 0 Å². The van der Waals surface area contributed by atoms with Crippen LogP contribution in [-0.2, 0) is 4.79 Å². The van der Waals surface area contributed by atoms with Crippen molar-refractivity contribution in [3.8, 4) is 0 Å². The lowest BCUT2D eigenvalue weighted by Gasteiger charge is -2.57. The van der Waals surface area contributed by atoms with E-state index < -0.39 is 5.67 Å². The molecule has 2 aliphatic carbocycles. The van der Waals surface area contributed by atoms with Gasteiger partial charge in [-0.1, -0.05) is 26.0 Å². The van der Waals surface area contributed by atoms with Gasteiger partial charge in [-0.3, -0.25) is 9.89 Å². The molecule has 0 radical (unpaired) electrons. The van der Waals surface area contributed by atoms with Crippen molar-refractivity contribution in [3.05, 3.63) is 29.5 Å². The molecule has 27 heavy (non-hydrogen) atoms. The minimum Gasteiger partial charge on any atom is -0.336 e. The number of aromatic nitrogens is 2. The van der Waals surface area contributed by atoms with Crippen molar-refractivity contribution < 1.29 is 9.18 Å². The molecule has 2 aromatic rings. The van der Waals surface area contributed by atoms with Gasteiger partial charge in [-0.15, -0.1) is 0 Å². The molecule has 1 aromatic heterocycles. The number of carbonyl (C=O) groups is 1. The third-order valence-corrected chi connectivity index (χ3v) is 6.98. The molecule has 2 aliphatic heterocycles. The van der Waals surface area contributed by atoms with Crippen LogP contribution in [0.15, 0.2) is 18.2 Å². The van der Waals surface area contributed by atoms with Gasteiger partial charge in [-0.2, -0.15) is 5.10 Å². The topological polar surface area (TPSA) is 49.0 Å². The number of aromatic amines is 1. The lowest BCUT2D eigenvalue weighted by atomic mass is 9.67. The first kappa shape index (κ1) is 17.2. The Morgan fingerprint density at radius 2 is 2.15 bits per heavy atom. The van der Waals surface area contributed by atoms with E-state index in [1.807, 2.05) is 11.0 Å². The van der Waals surface area contributed by atoms with Crippen molar-refractivity contribution in [2.45, 2.75) is 88.4 Å². The van der Waals surface area contributed by atoms with Gasteiger partial charge in [-0.25, -0.2) is 4.39 Å². The highest BCUT2D eigenvalue weighted by Crippen LogP contribution is 2.50. The van der Waals surface area contributed by atoms with Crippen LogP contribution < -0.4 is 0 Å². The third kappa shape index (κ3) is 2.77. The lowest BCUT2D eigenvalue weighted by Crippen LogP contribution is -2.65. The molecule has 1 aromatic carbocycles. The maximum absolute atomic E-state index is 14.4. The predicted octanol–water partition coefficient (Wildman–Crippen LogP) is 4.82. The second-order valence-electron chi connectivity index (χ2n) is 9.04. The van der Waals surface area contributed by atoms with E-state index in [0.29, 0.717) is 31.6 Å². The summed E-state index contributed by atoms with van der Waals surface area (Å²) in [7, 11) is 0. The first-order chi connectivity index (χ1) is 13.0. The van der Waals surface area contributed by atoms with E-state index in [-0.39, 0.29) is 23.9 Å². The van der Waals surface area contributed by atoms with E-state index in [9.17, 15) is 9.18 Å². The number of hydrogen-bond donors (Lipinski definition) is 1. The maximum atomic E-state index is 14.4. The van der Waals surface area contributed by atoms with Crippen molar-refractivity contribution >= 4 is 16.8 Å². The number of amides is 1. The standard InChI is InChI=1S/C22H28FN3O/c1-3-15-10-22(23)11-16(12-22)26(15)19(27)9-13(2)21-20-17(14-7-8-14)5-4-6-18(20)24-25-21/h4-6,13-16H,3,7-12H2,1-2H3,(H,24,25). The molecule has 6 rings (SSSR count). The number of carbonyl (C=O) groups excluding carboxylic acids is 1. The summed E-state index contributed by atoms with van der Waals surface area (Å²) >= 11 is 0. The number of fused-ring (bicyclic) bond motifs is 3. The molecular formula is C22H28FN3O. The van der Waals surface area contributed by atoms with Crippen LogP contribution in [-0.4, -0.2) is 38.8 Å². The molecule has 5 heteroatoms. The fraction of sp³-hybridized carbons (Fsp3) is 0.636. The van der Waals surface area contributed by atoms with E-state index in [4.69, 9.17) is 0 Å². The Labute approximate surface area is 159 Å². The highest BCUT2D eigenvalue weighted by atomic mass is 19.1. The van der Waals surface area contributed by atoms with E-state index in [0.717, 1.165) is 17.6 Å². The molecule has 2 unspecified atom stereocenters. The summed E-state index contributed by atoms with van der Waals surface area (Å²) in [5, 5.41) is 8.93. The van der Waals surface area contributed by atoms with Gasteiger partial charge in [-0.05, 0) is 36.8 Å². The van der Waals surface area contributed by atoms with Crippen LogP contribution in [0.25, 0.3) is 10.9 Å². The van der Waals surface area contributed by atoms with E-state index in [1.165, 1.54) is 23.8 Å². The second-order valence-corrected chi connectivity index (χ2v) is 9.04. The number of nitrogens with one attached hydrogen (secondary N) is 1. The summed E-state index contributed by atoms with van der Waals surface area (Å²) in [5.41, 5.74) is 2.45. The van der Waals surface area contributed by atoms with Gasteiger partial charge in [0.25, 0.3) is 0 Å². The molecule has 2 saturated carbocycles. The molecule has 4 fully saturated rings. The number of H-pyrrole nitrogens is 1. The minimum atomic E-state index is -1.01. The predicted molar refractivity (Wildman–Crippen MR) is 104 cm³/mol. The molecule has 4 aliphatic rings. The largest absolute Gasteiger partial charge is 0.336 e. The average molecular weight is 369 g/mol. The molecule has 4 nitrogen and oxygen atoms in total. The van der Waals surface area contributed by atoms with Gasteiger partial charge in [0.2, 0.25) is 5.91 Å². The molecule has 1 N–H and O–H groups in total. The zero-order valence-electron chi connectivity index (χ0n) is 16.2. The Balaban J connectivity index is 1.38. The Morgan fingerprint density at radius 3 is 2.85 bits per heavy atom. The SMILES string of the molecule is CCC1CC2(F)CC(C2)N1C(=O)CC(C)c1[nH]nc2cccc(C3CC3)c12. The summed E-state index contributed by atoms with van der Waals surface area (Å²) in [4.78, 5) is 15.2. The maximum Gasteiger partial charge on any atom is 0.223 e. The van der Waals surface area contributed by atoms with Gasteiger partial charge in [0.05, 0.1) is 5.52 Å². The number of halogens is 1. The van der Waals surface area contributed by atoms with Gasteiger partial charge < -0.3 is 4.90 Å². The van der Waals surface area contributed by atoms with Crippen LogP contribution in [0.5, 0.6) is 0 Å². The van der Waals surface area contributed by atoms with Crippen molar-refractivity contribution in [1.82, 2.24) is 15.1 Å². The molecule has 2 atom stereocenters. The Hall–Kier alpha value is -1.91. The van der Waals surface area contributed by atoms with Crippen molar-refractivity contribution in [2.75, 3.05) is 0 Å². The molecule has 3 heterocycles. The zero-order chi connectivity index (χ0) is 18.8. The van der Waals surface area contributed by atoms with Crippen LogP contribution in [0.1, 0.15) is 81.9 Å². The number of benzene rings is 1. The highest BCUT2D eigenvalue weighted by molar-refractivity contribution is 5.87. The number of piperidine rings is 2. The van der Waals surface area contributed by atoms with Crippen molar-refractivity contribution in [1.29, 1.82) is 0 Å². The average Bonchev–Trinajstić information content (AvgIpc) is 3.38. The van der Waals surface area contributed by atoms with E-state index in [1.54, 1.807) is 0 Å². The summed E-state index contributed by atoms with van der Waals surface area (Å²) in [6.45, 7) is 4.17. The molecule has 1 amide bonds. The first-order valence-corrected chi connectivity index (χ1v) is 10.5.